The van der Waals surface area contributed by atoms with Crippen molar-refractivity contribution in [2.24, 2.45) is 0 Å². The molecular formula is C12H14N2O4S2. The third-order valence-corrected chi connectivity index (χ3v) is 5.75. The van der Waals surface area contributed by atoms with Gasteiger partial charge >= 0.3 is 5.97 Å². The van der Waals surface area contributed by atoms with Gasteiger partial charge < -0.3 is 4.74 Å². The molecule has 0 aliphatic rings. The average molecular weight is 314 g/mol. The Morgan fingerprint density at radius 2 is 2.15 bits per heavy atom. The summed E-state index contributed by atoms with van der Waals surface area (Å²) in [4.78, 5) is 11.8. The van der Waals surface area contributed by atoms with E-state index in [9.17, 15) is 13.2 Å². The monoisotopic (exact) mass is 314 g/mol. The van der Waals surface area contributed by atoms with Crippen LogP contribution in [0, 0.1) is 13.8 Å². The Morgan fingerprint density at radius 1 is 1.45 bits per heavy atom. The largest absolute Gasteiger partial charge is 0.462 e. The van der Waals surface area contributed by atoms with E-state index in [0.717, 1.165) is 15.4 Å². The molecule has 0 aliphatic heterocycles. The van der Waals surface area contributed by atoms with E-state index in [-0.39, 0.29) is 22.1 Å². The summed E-state index contributed by atoms with van der Waals surface area (Å²) in [5.74, 6) is -0.560. The summed E-state index contributed by atoms with van der Waals surface area (Å²) in [5.41, 5.74) is 0.794. The van der Waals surface area contributed by atoms with Crippen LogP contribution in [0.2, 0.25) is 0 Å². The molecule has 0 saturated heterocycles. The minimum absolute atomic E-state index is 0.179. The molecule has 0 spiro atoms. The Hall–Kier alpha value is -1.67. The Labute approximate surface area is 121 Å². The molecule has 0 saturated carbocycles. The second kappa shape index (κ2) is 5.37. The number of hydrogen-bond donors (Lipinski definition) is 0. The lowest BCUT2D eigenvalue weighted by Gasteiger charge is -2.05. The number of esters is 1. The summed E-state index contributed by atoms with van der Waals surface area (Å²) in [7, 11) is -3.76. The zero-order chi connectivity index (χ0) is 14.9. The van der Waals surface area contributed by atoms with Crippen molar-refractivity contribution in [2.45, 2.75) is 25.0 Å². The number of carbonyl (C=O) groups excluding carboxylic acids is 1. The SMILES string of the molecule is CCOC(=O)c1c(C)nn(S(=O)(=O)c2cccs2)c1C. The van der Waals surface area contributed by atoms with Gasteiger partial charge in [-0.05, 0) is 32.2 Å². The second-order valence-corrected chi connectivity index (χ2v) is 6.99. The van der Waals surface area contributed by atoms with Crippen LogP contribution in [0.1, 0.15) is 28.7 Å². The maximum atomic E-state index is 12.4. The Balaban J connectivity index is 2.56. The summed E-state index contributed by atoms with van der Waals surface area (Å²) < 4.78 is 30.8. The molecule has 2 aromatic rings. The van der Waals surface area contributed by atoms with Crippen LogP contribution in [0.4, 0.5) is 0 Å². The van der Waals surface area contributed by atoms with Crippen LogP contribution >= 0.6 is 11.3 Å². The second-order valence-electron chi connectivity index (χ2n) is 4.05. The third-order valence-electron chi connectivity index (χ3n) is 2.71. The number of aryl methyl sites for hydroxylation is 1. The third kappa shape index (κ3) is 2.36. The molecule has 0 radical (unpaired) electrons. The molecule has 0 unspecified atom stereocenters. The molecule has 6 nitrogen and oxygen atoms in total. The first-order chi connectivity index (χ1) is 9.39. The quantitative estimate of drug-likeness (QED) is 0.806. The van der Waals surface area contributed by atoms with Gasteiger partial charge in [0.1, 0.15) is 9.77 Å². The van der Waals surface area contributed by atoms with Gasteiger partial charge in [-0.25, -0.2) is 4.79 Å². The molecule has 0 amide bonds. The first kappa shape index (κ1) is 14.7. The van der Waals surface area contributed by atoms with E-state index >= 15 is 0 Å². The minimum atomic E-state index is -3.76. The van der Waals surface area contributed by atoms with Crippen molar-refractivity contribution >= 4 is 27.3 Å². The Bertz CT molecular complexity index is 730. The number of carbonyl (C=O) groups is 1. The van der Waals surface area contributed by atoms with Gasteiger partial charge in [-0.15, -0.1) is 11.3 Å². The van der Waals surface area contributed by atoms with Gasteiger partial charge in [0.15, 0.2) is 0 Å². The fourth-order valence-corrected chi connectivity index (χ4v) is 4.26. The molecule has 0 atom stereocenters. The van der Waals surface area contributed by atoms with Crippen LogP contribution in [-0.2, 0) is 14.8 Å². The van der Waals surface area contributed by atoms with E-state index in [0.29, 0.717) is 5.69 Å². The molecule has 2 heterocycles. The maximum absolute atomic E-state index is 12.4. The van der Waals surface area contributed by atoms with E-state index in [2.05, 4.69) is 5.10 Å². The Kier molecular flexibility index (Phi) is 3.96. The fourth-order valence-electron chi connectivity index (χ4n) is 1.85. The van der Waals surface area contributed by atoms with Gasteiger partial charge in [0.25, 0.3) is 10.0 Å². The topological polar surface area (TPSA) is 78.3 Å². The van der Waals surface area contributed by atoms with Crippen molar-refractivity contribution < 1.29 is 17.9 Å². The lowest BCUT2D eigenvalue weighted by atomic mass is 10.2. The highest BCUT2D eigenvalue weighted by molar-refractivity contribution is 7.91. The highest BCUT2D eigenvalue weighted by atomic mass is 32.2. The molecule has 0 aromatic carbocycles. The average Bonchev–Trinajstić information content (AvgIpc) is 2.98. The lowest BCUT2D eigenvalue weighted by Crippen LogP contribution is -2.16. The van der Waals surface area contributed by atoms with Crippen LogP contribution in [0.25, 0.3) is 0 Å². The predicted octanol–water partition coefficient (Wildman–Crippen LogP) is 1.98. The summed E-state index contributed by atoms with van der Waals surface area (Å²) in [6.07, 6.45) is 0. The van der Waals surface area contributed by atoms with E-state index < -0.39 is 16.0 Å². The molecular weight excluding hydrogens is 300 g/mol. The zero-order valence-electron chi connectivity index (χ0n) is 11.3. The van der Waals surface area contributed by atoms with Crippen molar-refractivity contribution in [3.63, 3.8) is 0 Å². The van der Waals surface area contributed by atoms with Crippen LogP contribution in [-0.4, -0.2) is 30.2 Å². The summed E-state index contributed by atoms with van der Waals surface area (Å²) in [5, 5.41) is 5.65. The van der Waals surface area contributed by atoms with Gasteiger partial charge in [-0.2, -0.15) is 17.6 Å². The van der Waals surface area contributed by atoms with Crippen molar-refractivity contribution in [1.29, 1.82) is 0 Å². The standard InChI is InChI=1S/C12H14N2O4S2/c1-4-18-12(15)11-8(2)13-14(9(11)3)20(16,17)10-6-5-7-19-10/h5-7H,4H2,1-3H3. The number of ether oxygens (including phenoxy) is 1. The minimum Gasteiger partial charge on any atom is -0.462 e. The highest BCUT2D eigenvalue weighted by Gasteiger charge is 2.27. The summed E-state index contributed by atoms with van der Waals surface area (Å²) in [6.45, 7) is 5.03. The molecule has 108 valence electrons. The molecule has 8 heteroatoms. The smallest absolute Gasteiger partial charge is 0.341 e. The lowest BCUT2D eigenvalue weighted by molar-refractivity contribution is 0.0524. The Morgan fingerprint density at radius 3 is 2.70 bits per heavy atom. The van der Waals surface area contributed by atoms with Gasteiger partial charge in [0, 0.05) is 0 Å². The number of aromatic nitrogens is 2. The molecule has 2 rings (SSSR count). The van der Waals surface area contributed by atoms with Crippen LogP contribution < -0.4 is 0 Å². The van der Waals surface area contributed by atoms with Crippen molar-refractivity contribution in [3.8, 4) is 0 Å². The van der Waals surface area contributed by atoms with Crippen molar-refractivity contribution in [3.05, 3.63) is 34.5 Å². The van der Waals surface area contributed by atoms with Gasteiger partial charge in [-0.1, -0.05) is 6.07 Å². The highest BCUT2D eigenvalue weighted by Crippen LogP contribution is 2.23. The number of nitrogens with zero attached hydrogens (tertiary/aromatic N) is 2. The fraction of sp³-hybridized carbons (Fsp3) is 0.333. The number of hydrogen-bond acceptors (Lipinski definition) is 6. The van der Waals surface area contributed by atoms with Crippen molar-refractivity contribution in [2.75, 3.05) is 6.61 Å². The van der Waals surface area contributed by atoms with E-state index in [1.165, 1.54) is 13.0 Å². The van der Waals surface area contributed by atoms with E-state index in [1.54, 1.807) is 25.3 Å². The van der Waals surface area contributed by atoms with E-state index in [4.69, 9.17) is 4.74 Å². The molecule has 0 bridgehead atoms. The molecule has 0 fully saturated rings. The van der Waals surface area contributed by atoms with Crippen LogP contribution in [0.3, 0.4) is 0 Å². The summed E-state index contributed by atoms with van der Waals surface area (Å²) in [6, 6.07) is 3.15. The van der Waals surface area contributed by atoms with Gasteiger partial charge in [0.05, 0.1) is 18.0 Å². The molecule has 0 N–H and O–H groups in total. The van der Waals surface area contributed by atoms with Crippen LogP contribution in [0.15, 0.2) is 21.7 Å². The van der Waals surface area contributed by atoms with Crippen LogP contribution in [0.5, 0.6) is 0 Å². The predicted molar refractivity (Wildman–Crippen MR) is 74.6 cm³/mol. The maximum Gasteiger partial charge on any atom is 0.341 e. The first-order valence-corrected chi connectivity index (χ1v) is 8.24. The molecule has 2 aromatic heterocycles. The van der Waals surface area contributed by atoms with E-state index in [1.807, 2.05) is 0 Å². The van der Waals surface area contributed by atoms with Gasteiger partial charge in [0.2, 0.25) is 0 Å². The first-order valence-electron chi connectivity index (χ1n) is 5.92. The normalized spacial score (nSPS) is 11.6. The zero-order valence-corrected chi connectivity index (χ0v) is 12.9. The summed E-state index contributed by atoms with van der Waals surface area (Å²) >= 11 is 1.10. The molecule has 20 heavy (non-hydrogen) atoms. The number of thiophene rings is 1. The number of rotatable bonds is 4. The van der Waals surface area contributed by atoms with Gasteiger partial charge in [-0.3, -0.25) is 0 Å². The van der Waals surface area contributed by atoms with Crippen molar-refractivity contribution in [1.82, 2.24) is 9.19 Å². The molecule has 0 aliphatic carbocycles.